The number of amides is 1. The van der Waals surface area contributed by atoms with Crippen molar-refractivity contribution in [3.05, 3.63) is 66.1 Å². The number of hydrogen-bond donors (Lipinski definition) is 1. The fourth-order valence-corrected chi connectivity index (χ4v) is 2.47. The summed E-state index contributed by atoms with van der Waals surface area (Å²) in [5.74, 6) is 1.76. The number of hydrogen-bond acceptors (Lipinski definition) is 5. The summed E-state index contributed by atoms with van der Waals surface area (Å²) < 4.78 is 10.8. The van der Waals surface area contributed by atoms with Crippen LogP contribution in [0, 0.1) is 6.92 Å². The van der Waals surface area contributed by atoms with Crippen molar-refractivity contribution in [2.45, 2.75) is 19.8 Å². The van der Waals surface area contributed by atoms with Crippen LogP contribution in [0.25, 0.3) is 11.4 Å². The Morgan fingerprint density at radius 1 is 1.12 bits per heavy atom. The molecule has 1 amide bonds. The lowest BCUT2D eigenvalue weighted by Crippen LogP contribution is -2.27. The van der Waals surface area contributed by atoms with Gasteiger partial charge in [0.1, 0.15) is 5.75 Å². The van der Waals surface area contributed by atoms with Crippen LogP contribution in [0.4, 0.5) is 0 Å². The maximum Gasteiger partial charge on any atom is 0.228 e. The molecule has 1 N–H and O–H groups in total. The lowest BCUT2D eigenvalue weighted by atomic mass is 10.1. The van der Waals surface area contributed by atoms with E-state index in [2.05, 4.69) is 15.5 Å². The Morgan fingerprint density at radius 2 is 1.88 bits per heavy atom. The second kappa shape index (κ2) is 8.80. The lowest BCUT2D eigenvalue weighted by Gasteiger charge is -2.06. The zero-order valence-electron chi connectivity index (χ0n) is 14.6. The number of para-hydroxylation sites is 1. The summed E-state index contributed by atoms with van der Waals surface area (Å²) in [6.07, 6.45) is 0.789. The molecule has 3 rings (SSSR count). The molecule has 6 nitrogen and oxygen atoms in total. The first kappa shape index (κ1) is 17.7. The molecule has 0 saturated carbocycles. The topological polar surface area (TPSA) is 77.2 Å². The predicted molar refractivity (Wildman–Crippen MR) is 97.7 cm³/mol. The Hall–Kier alpha value is -3.15. The molecule has 0 aliphatic rings. The molecule has 1 aromatic heterocycles. The van der Waals surface area contributed by atoms with Crippen molar-refractivity contribution in [1.29, 1.82) is 0 Å². The van der Waals surface area contributed by atoms with E-state index in [1.807, 2.05) is 61.5 Å². The second-order valence-corrected chi connectivity index (χ2v) is 5.84. The van der Waals surface area contributed by atoms with Crippen LogP contribution in [0.5, 0.6) is 5.75 Å². The number of aryl methyl sites for hydroxylation is 1. The minimum atomic E-state index is -0.0698. The molecule has 0 spiro atoms. The Bertz CT molecular complexity index is 846. The quantitative estimate of drug-likeness (QED) is 0.674. The summed E-state index contributed by atoms with van der Waals surface area (Å²) in [6.45, 7) is 2.79. The van der Waals surface area contributed by atoms with Crippen LogP contribution in [0.1, 0.15) is 17.9 Å². The number of aromatic nitrogens is 2. The van der Waals surface area contributed by atoms with E-state index in [1.54, 1.807) is 0 Å². The fraction of sp³-hybridized carbons (Fsp3) is 0.250. The molecule has 1 heterocycles. The molecule has 0 atom stereocenters. The van der Waals surface area contributed by atoms with Gasteiger partial charge in [-0.15, -0.1) is 0 Å². The summed E-state index contributed by atoms with van der Waals surface area (Å²) in [5.41, 5.74) is 2.04. The average Bonchev–Trinajstić information content (AvgIpc) is 3.12. The molecule has 0 aliphatic heterocycles. The zero-order valence-corrected chi connectivity index (χ0v) is 14.6. The minimum absolute atomic E-state index is 0.0698. The lowest BCUT2D eigenvalue weighted by molar-refractivity contribution is -0.121. The first-order chi connectivity index (χ1) is 12.7. The standard InChI is InChI=1S/C20H21N3O3/c1-15-7-5-6-10-17(15)20-22-19(26-23-20)11-13-21-18(24)12-14-25-16-8-3-2-4-9-16/h2-10H,11-14H2,1H3,(H,21,24). The van der Waals surface area contributed by atoms with Gasteiger partial charge in [0.05, 0.1) is 13.0 Å². The van der Waals surface area contributed by atoms with Crippen molar-refractivity contribution < 1.29 is 14.1 Å². The number of rotatable bonds is 8. The van der Waals surface area contributed by atoms with E-state index < -0.39 is 0 Å². The van der Waals surface area contributed by atoms with Gasteiger partial charge in [0.25, 0.3) is 0 Å². The summed E-state index contributed by atoms with van der Waals surface area (Å²) >= 11 is 0. The third kappa shape index (κ3) is 4.92. The zero-order chi connectivity index (χ0) is 18.2. The van der Waals surface area contributed by atoms with Crippen LogP contribution in [0.3, 0.4) is 0 Å². The van der Waals surface area contributed by atoms with E-state index in [0.29, 0.717) is 37.7 Å². The van der Waals surface area contributed by atoms with E-state index >= 15 is 0 Å². The minimum Gasteiger partial charge on any atom is -0.493 e. The van der Waals surface area contributed by atoms with E-state index in [-0.39, 0.29) is 5.91 Å². The number of ether oxygens (including phenoxy) is 1. The molecule has 0 bridgehead atoms. The van der Waals surface area contributed by atoms with Gasteiger partial charge in [-0.25, -0.2) is 0 Å². The van der Waals surface area contributed by atoms with E-state index in [9.17, 15) is 4.79 Å². The third-order valence-corrected chi connectivity index (χ3v) is 3.86. The van der Waals surface area contributed by atoms with Gasteiger partial charge in [0, 0.05) is 18.5 Å². The van der Waals surface area contributed by atoms with Gasteiger partial charge in [0.15, 0.2) is 0 Å². The van der Waals surface area contributed by atoms with Gasteiger partial charge >= 0.3 is 0 Å². The van der Waals surface area contributed by atoms with E-state index in [1.165, 1.54) is 0 Å². The van der Waals surface area contributed by atoms with E-state index in [4.69, 9.17) is 9.26 Å². The largest absolute Gasteiger partial charge is 0.493 e. The Morgan fingerprint density at radius 3 is 2.69 bits per heavy atom. The number of nitrogens with zero attached hydrogens (tertiary/aromatic N) is 2. The number of carbonyl (C=O) groups excluding carboxylic acids is 1. The Kier molecular flexibility index (Phi) is 5.98. The summed E-state index contributed by atoms with van der Waals surface area (Å²) in [7, 11) is 0. The van der Waals surface area contributed by atoms with Crippen molar-refractivity contribution in [3.8, 4) is 17.1 Å². The van der Waals surface area contributed by atoms with Crippen molar-refractivity contribution >= 4 is 5.91 Å². The highest BCUT2D eigenvalue weighted by Gasteiger charge is 2.10. The molecular formula is C20H21N3O3. The van der Waals surface area contributed by atoms with Gasteiger partial charge in [-0.1, -0.05) is 47.6 Å². The van der Waals surface area contributed by atoms with Crippen molar-refractivity contribution in [1.82, 2.24) is 15.5 Å². The number of nitrogens with one attached hydrogen (secondary N) is 1. The molecule has 3 aromatic rings. The van der Waals surface area contributed by atoms with Crippen molar-refractivity contribution in [2.24, 2.45) is 0 Å². The molecule has 134 valence electrons. The smallest absolute Gasteiger partial charge is 0.228 e. The van der Waals surface area contributed by atoms with Gasteiger partial charge in [-0.2, -0.15) is 4.98 Å². The summed E-state index contributed by atoms with van der Waals surface area (Å²) in [5, 5.41) is 6.84. The second-order valence-electron chi connectivity index (χ2n) is 5.84. The highest BCUT2D eigenvalue weighted by Crippen LogP contribution is 2.19. The predicted octanol–water partition coefficient (Wildman–Crippen LogP) is 3.17. The molecule has 0 aliphatic carbocycles. The maximum absolute atomic E-state index is 11.8. The molecule has 26 heavy (non-hydrogen) atoms. The van der Waals surface area contributed by atoms with Crippen LogP contribution in [-0.2, 0) is 11.2 Å². The highest BCUT2D eigenvalue weighted by molar-refractivity contribution is 5.75. The first-order valence-corrected chi connectivity index (χ1v) is 8.55. The molecule has 0 radical (unpaired) electrons. The van der Waals surface area contributed by atoms with E-state index in [0.717, 1.165) is 16.9 Å². The Labute approximate surface area is 152 Å². The first-order valence-electron chi connectivity index (χ1n) is 8.55. The normalized spacial score (nSPS) is 10.5. The molecule has 0 saturated heterocycles. The molecule has 0 unspecified atom stereocenters. The van der Waals surface area contributed by atoms with Crippen LogP contribution in [0.15, 0.2) is 59.1 Å². The Balaban J connectivity index is 1.40. The van der Waals surface area contributed by atoms with Crippen LogP contribution < -0.4 is 10.1 Å². The monoisotopic (exact) mass is 351 g/mol. The molecule has 6 heteroatoms. The summed E-state index contributed by atoms with van der Waals surface area (Å²) in [4.78, 5) is 16.2. The van der Waals surface area contributed by atoms with Gasteiger partial charge in [-0.05, 0) is 24.6 Å². The molecule has 0 fully saturated rings. The maximum atomic E-state index is 11.8. The van der Waals surface area contributed by atoms with Gasteiger partial charge in [0.2, 0.25) is 17.6 Å². The number of carbonyl (C=O) groups is 1. The molecule has 2 aromatic carbocycles. The van der Waals surface area contributed by atoms with Crippen molar-refractivity contribution in [3.63, 3.8) is 0 Å². The molecular weight excluding hydrogens is 330 g/mol. The van der Waals surface area contributed by atoms with Crippen LogP contribution in [0.2, 0.25) is 0 Å². The highest BCUT2D eigenvalue weighted by atomic mass is 16.5. The SMILES string of the molecule is Cc1ccccc1-c1noc(CCNC(=O)CCOc2ccccc2)n1. The fourth-order valence-electron chi connectivity index (χ4n) is 2.47. The summed E-state index contributed by atoms with van der Waals surface area (Å²) in [6, 6.07) is 17.3. The van der Waals surface area contributed by atoms with Gasteiger partial charge in [-0.3, -0.25) is 4.79 Å². The third-order valence-electron chi connectivity index (χ3n) is 3.86. The van der Waals surface area contributed by atoms with Crippen molar-refractivity contribution in [2.75, 3.05) is 13.2 Å². The van der Waals surface area contributed by atoms with Crippen LogP contribution >= 0.6 is 0 Å². The van der Waals surface area contributed by atoms with Crippen LogP contribution in [-0.4, -0.2) is 29.2 Å². The average molecular weight is 351 g/mol. The number of benzene rings is 2. The van der Waals surface area contributed by atoms with Gasteiger partial charge < -0.3 is 14.6 Å².